The molecule has 0 radical (unpaired) electrons. The van der Waals surface area contributed by atoms with Crippen molar-refractivity contribution >= 4 is 23.3 Å². The van der Waals surface area contributed by atoms with E-state index in [9.17, 15) is 18.0 Å². The van der Waals surface area contributed by atoms with Crippen LogP contribution in [0.4, 0.5) is 23.7 Å². The molecule has 0 saturated heterocycles. The van der Waals surface area contributed by atoms with Gasteiger partial charge in [0.1, 0.15) is 0 Å². The first-order valence-electron chi connectivity index (χ1n) is 7.84. The molecule has 0 aliphatic rings. The zero-order chi connectivity index (χ0) is 20.3. The zero-order valence-electron chi connectivity index (χ0n) is 14.0. The molecule has 0 spiro atoms. The minimum Gasteiger partial charge on any atom is -0.493 e. The van der Waals surface area contributed by atoms with E-state index >= 15 is 0 Å². The van der Waals surface area contributed by atoms with Crippen LogP contribution in [0.5, 0.6) is 5.88 Å². The molecule has 1 aromatic carbocycles. The first-order valence-corrected chi connectivity index (χ1v) is 8.22. The lowest BCUT2D eigenvalue weighted by atomic mass is 10.3. The van der Waals surface area contributed by atoms with Crippen LogP contribution in [-0.4, -0.2) is 25.9 Å². The Kier molecular flexibility index (Phi) is 5.41. The van der Waals surface area contributed by atoms with E-state index in [1.54, 1.807) is 18.2 Å². The molecule has 0 unspecified atom stereocenters. The Morgan fingerprint density at radius 1 is 1.21 bits per heavy atom. The van der Waals surface area contributed by atoms with E-state index in [1.807, 2.05) is 0 Å². The smallest absolute Gasteiger partial charge is 0.435 e. The Morgan fingerprint density at radius 3 is 2.64 bits per heavy atom. The number of carbonyl (C=O) groups is 1. The van der Waals surface area contributed by atoms with Gasteiger partial charge >= 0.3 is 12.2 Å². The van der Waals surface area contributed by atoms with E-state index in [-0.39, 0.29) is 18.1 Å². The summed E-state index contributed by atoms with van der Waals surface area (Å²) in [6, 6.07) is 9.04. The monoisotopic (exact) mass is 411 g/mol. The van der Waals surface area contributed by atoms with Gasteiger partial charge in [-0.15, -0.1) is 0 Å². The van der Waals surface area contributed by atoms with Gasteiger partial charge in [-0.2, -0.15) is 18.3 Å². The third-order valence-corrected chi connectivity index (χ3v) is 3.80. The molecule has 0 bridgehead atoms. The standard InChI is InChI=1S/C17H13ClF3N5O2/c18-10-2-1-3-12(6-10)26-13(7-14(25-26)17(19,20)21)9-23-16(28)24-11-4-5-15(27)22-8-11/h1-8H,9H2,(H,22,27)(H2,23,24,28). The lowest BCUT2D eigenvalue weighted by Gasteiger charge is -2.10. The molecule has 146 valence electrons. The Bertz CT molecular complexity index is 989. The molecule has 3 aromatic rings. The second-order valence-electron chi connectivity index (χ2n) is 5.62. The molecule has 0 fully saturated rings. The number of alkyl halides is 3. The van der Waals surface area contributed by atoms with E-state index in [0.717, 1.165) is 10.7 Å². The van der Waals surface area contributed by atoms with Crippen molar-refractivity contribution in [3.8, 4) is 11.6 Å². The Balaban J connectivity index is 1.79. The molecule has 3 rings (SSSR count). The van der Waals surface area contributed by atoms with Crippen molar-refractivity contribution < 1.29 is 23.1 Å². The molecule has 3 N–H and O–H groups in total. The lowest BCUT2D eigenvalue weighted by Crippen LogP contribution is -2.29. The summed E-state index contributed by atoms with van der Waals surface area (Å²) in [5, 5.41) is 17.9. The fourth-order valence-corrected chi connectivity index (χ4v) is 2.51. The van der Waals surface area contributed by atoms with Gasteiger partial charge in [-0.1, -0.05) is 17.7 Å². The van der Waals surface area contributed by atoms with Crippen LogP contribution < -0.4 is 10.6 Å². The number of hydrogen-bond acceptors (Lipinski definition) is 4. The number of urea groups is 1. The molecule has 2 aromatic heterocycles. The molecule has 7 nitrogen and oxygen atoms in total. The average molecular weight is 412 g/mol. The van der Waals surface area contributed by atoms with Crippen LogP contribution in [0.25, 0.3) is 5.69 Å². The molecule has 0 aliphatic carbocycles. The number of hydrogen-bond donors (Lipinski definition) is 3. The highest BCUT2D eigenvalue weighted by molar-refractivity contribution is 6.30. The quantitative estimate of drug-likeness (QED) is 0.605. The number of nitrogens with one attached hydrogen (secondary N) is 2. The molecule has 28 heavy (non-hydrogen) atoms. The van der Waals surface area contributed by atoms with Crippen LogP contribution in [0.1, 0.15) is 11.4 Å². The van der Waals surface area contributed by atoms with Gasteiger partial charge in [0, 0.05) is 11.1 Å². The summed E-state index contributed by atoms with van der Waals surface area (Å²) in [6.07, 6.45) is -3.41. The molecule has 0 atom stereocenters. The van der Waals surface area contributed by atoms with Gasteiger partial charge in [0.2, 0.25) is 5.88 Å². The molecular weight excluding hydrogens is 399 g/mol. The van der Waals surface area contributed by atoms with Crippen molar-refractivity contribution in [2.45, 2.75) is 12.7 Å². The van der Waals surface area contributed by atoms with Gasteiger partial charge in [0.15, 0.2) is 5.69 Å². The van der Waals surface area contributed by atoms with Gasteiger partial charge < -0.3 is 15.7 Å². The van der Waals surface area contributed by atoms with Gasteiger partial charge in [-0.25, -0.2) is 14.5 Å². The van der Waals surface area contributed by atoms with Crippen molar-refractivity contribution in [3.05, 3.63) is 65.1 Å². The van der Waals surface area contributed by atoms with E-state index in [2.05, 4.69) is 20.7 Å². The topological polar surface area (TPSA) is 92.1 Å². The van der Waals surface area contributed by atoms with Crippen LogP contribution >= 0.6 is 11.6 Å². The summed E-state index contributed by atoms with van der Waals surface area (Å²) in [5.41, 5.74) is -0.362. The van der Waals surface area contributed by atoms with Crippen LogP contribution in [0.3, 0.4) is 0 Å². The van der Waals surface area contributed by atoms with Crippen molar-refractivity contribution in [3.63, 3.8) is 0 Å². The zero-order valence-corrected chi connectivity index (χ0v) is 14.8. The highest BCUT2D eigenvalue weighted by Gasteiger charge is 2.35. The van der Waals surface area contributed by atoms with Gasteiger partial charge in [-0.3, -0.25) is 0 Å². The van der Waals surface area contributed by atoms with E-state index < -0.39 is 17.9 Å². The highest BCUT2D eigenvalue weighted by atomic mass is 35.5. The number of carbonyl (C=O) groups excluding carboxylic acids is 1. The van der Waals surface area contributed by atoms with Crippen molar-refractivity contribution in [1.82, 2.24) is 20.1 Å². The number of aromatic hydroxyl groups is 1. The van der Waals surface area contributed by atoms with E-state index in [1.165, 1.54) is 24.4 Å². The maximum atomic E-state index is 13.1. The third-order valence-electron chi connectivity index (χ3n) is 3.56. The minimum absolute atomic E-state index is 0.105. The summed E-state index contributed by atoms with van der Waals surface area (Å²) in [7, 11) is 0. The van der Waals surface area contributed by atoms with Crippen LogP contribution in [0.2, 0.25) is 5.02 Å². The normalized spacial score (nSPS) is 11.3. The van der Waals surface area contributed by atoms with Gasteiger partial charge in [-0.05, 0) is 30.3 Å². The largest absolute Gasteiger partial charge is 0.493 e. The maximum absolute atomic E-state index is 13.1. The fourth-order valence-electron chi connectivity index (χ4n) is 2.32. The molecule has 2 heterocycles. The lowest BCUT2D eigenvalue weighted by molar-refractivity contribution is -0.141. The summed E-state index contributed by atoms with van der Waals surface area (Å²) < 4.78 is 40.3. The number of halogens is 4. The van der Waals surface area contributed by atoms with Gasteiger partial charge in [0.05, 0.1) is 29.8 Å². The Hall–Kier alpha value is -3.27. The predicted molar refractivity (Wildman–Crippen MR) is 95.3 cm³/mol. The summed E-state index contributed by atoms with van der Waals surface area (Å²) >= 11 is 5.91. The maximum Gasteiger partial charge on any atom is 0.435 e. The average Bonchev–Trinajstić information content (AvgIpc) is 3.07. The Labute approximate surface area is 161 Å². The first-order chi connectivity index (χ1) is 13.2. The third kappa shape index (κ3) is 4.71. The molecular formula is C17H13ClF3N5O2. The fraction of sp³-hybridized carbons (Fsp3) is 0.118. The van der Waals surface area contributed by atoms with Crippen LogP contribution in [0.15, 0.2) is 48.7 Å². The summed E-state index contributed by atoms with van der Waals surface area (Å²) in [4.78, 5) is 15.6. The van der Waals surface area contributed by atoms with E-state index in [0.29, 0.717) is 16.4 Å². The Morgan fingerprint density at radius 2 is 2.00 bits per heavy atom. The number of anilines is 1. The first kappa shape index (κ1) is 19.5. The van der Waals surface area contributed by atoms with Crippen LogP contribution in [-0.2, 0) is 12.7 Å². The number of aromatic nitrogens is 3. The van der Waals surface area contributed by atoms with Crippen molar-refractivity contribution in [2.24, 2.45) is 0 Å². The minimum atomic E-state index is -4.64. The number of nitrogens with zero attached hydrogens (tertiary/aromatic N) is 3. The molecule has 11 heteroatoms. The van der Waals surface area contributed by atoms with E-state index in [4.69, 9.17) is 16.7 Å². The second-order valence-corrected chi connectivity index (χ2v) is 6.06. The van der Waals surface area contributed by atoms with Gasteiger partial charge in [0.25, 0.3) is 0 Å². The second kappa shape index (κ2) is 7.77. The van der Waals surface area contributed by atoms with Crippen LogP contribution in [0, 0.1) is 0 Å². The van der Waals surface area contributed by atoms with Crippen molar-refractivity contribution in [1.29, 1.82) is 0 Å². The number of amides is 2. The highest BCUT2D eigenvalue weighted by Crippen LogP contribution is 2.30. The predicted octanol–water partition coefficient (Wildman–Crippen LogP) is 3.97. The van der Waals surface area contributed by atoms with Crippen molar-refractivity contribution in [2.75, 3.05) is 5.32 Å². The molecule has 2 amide bonds. The summed E-state index contributed by atoms with van der Waals surface area (Å²) in [6.45, 7) is -0.229. The SMILES string of the molecule is O=C(NCc1cc(C(F)(F)F)nn1-c1cccc(Cl)c1)Nc1ccc(O)nc1. The summed E-state index contributed by atoms with van der Waals surface area (Å²) in [5.74, 6) is -0.212. The molecule has 0 aliphatic heterocycles. The molecule has 0 saturated carbocycles. The number of benzene rings is 1. The number of pyridine rings is 1. The number of rotatable bonds is 4.